The minimum absolute atomic E-state index is 0.0313. The van der Waals surface area contributed by atoms with Gasteiger partial charge in [0.1, 0.15) is 5.82 Å². The van der Waals surface area contributed by atoms with Crippen molar-refractivity contribution in [3.8, 4) is 0 Å². The van der Waals surface area contributed by atoms with Crippen LogP contribution in [0.2, 0.25) is 0 Å². The Morgan fingerprint density at radius 2 is 2.00 bits per heavy atom. The molecule has 3 nitrogen and oxygen atoms in total. The van der Waals surface area contributed by atoms with Crippen molar-refractivity contribution < 1.29 is 4.39 Å². The van der Waals surface area contributed by atoms with Crippen molar-refractivity contribution in [2.45, 2.75) is 40.3 Å². The largest absolute Gasteiger partial charge is 0.305 e. The molecule has 1 atom stereocenters. The van der Waals surface area contributed by atoms with E-state index in [1.807, 2.05) is 23.7 Å². The molecule has 1 N–H and O–H groups in total. The normalized spacial score (nSPS) is 12.7. The smallest absolute Gasteiger partial charge is 0.126 e. The summed E-state index contributed by atoms with van der Waals surface area (Å²) in [5.41, 5.74) is 3.67. The molecule has 0 saturated heterocycles. The van der Waals surface area contributed by atoms with Crippen LogP contribution >= 0.6 is 0 Å². The lowest BCUT2D eigenvalue weighted by atomic mass is 10.0. The highest BCUT2D eigenvalue weighted by Gasteiger charge is 2.19. The quantitative estimate of drug-likeness (QED) is 0.907. The standard InChI is InChI=1S/C16H22FN3/c1-5-18-16(13-8-7-11(3)14(17)10-13)15-9-12(4)19-20(15)6-2/h7-10,16,18H,5-6H2,1-4H3. The van der Waals surface area contributed by atoms with Gasteiger partial charge in [0, 0.05) is 6.54 Å². The molecule has 2 rings (SSSR count). The summed E-state index contributed by atoms with van der Waals surface area (Å²) in [7, 11) is 0. The van der Waals surface area contributed by atoms with E-state index in [2.05, 4.69) is 30.3 Å². The van der Waals surface area contributed by atoms with Crippen LogP contribution in [0.5, 0.6) is 0 Å². The maximum atomic E-state index is 13.8. The minimum atomic E-state index is -0.162. The van der Waals surface area contributed by atoms with Crippen molar-refractivity contribution in [3.05, 3.63) is 52.6 Å². The average molecular weight is 275 g/mol. The van der Waals surface area contributed by atoms with Crippen LogP contribution < -0.4 is 5.32 Å². The van der Waals surface area contributed by atoms with Gasteiger partial charge >= 0.3 is 0 Å². The maximum Gasteiger partial charge on any atom is 0.126 e. The fraction of sp³-hybridized carbons (Fsp3) is 0.438. The van der Waals surface area contributed by atoms with E-state index >= 15 is 0 Å². The molecule has 0 fully saturated rings. The van der Waals surface area contributed by atoms with Crippen LogP contribution in [0, 0.1) is 19.7 Å². The average Bonchev–Trinajstić information content (AvgIpc) is 2.80. The Morgan fingerprint density at radius 1 is 1.25 bits per heavy atom. The van der Waals surface area contributed by atoms with Gasteiger partial charge in [-0.15, -0.1) is 0 Å². The predicted octanol–water partition coefficient (Wildman–Crippen LogP) is 3.36. The second kappa shape index (κ2) is 6.18. The summed E-state index contributed by atoms with van der Waals surface area (Å²) in [6.07, 6.45) is 0. The van der Waals surface area contributed by atoms with E-state index in [1.165, 1.54) is 0 Å². The van der Waals surface area contributed by atoms with Gasteiger partial charge in [-0.3, -0.25) is 4.68 Å². The summed E-state index contributed by atoms with van der Waals surface area (Å²) < 4.78 is 15.8. The molecule has 1 aromatic heterocycles. The van der Waals surface area contributed by atoms with E-state index in [4.69, 9.17) is 0 Å². The molecule has 0 aliphatic heterocycles. The maximum absolute atomic E-state index is 13.8. The second-order valence-corrected chi connectivity index (χ2v) is 5.03. The third kappa shape index (κ3) is 2.90. The number of aryl methyl sites for hydroxylation is 3. The number of rotatable bonds is 5. The number of aromatic nitrogens is 2. The second-order valence-electron chi connectivity index (χ2n) is 5.03. The van der Waals surface area contributed by atoms with Gasteiger partial charge < -0.3 is 5.32 Å². The van der Waals surface area contributed by atoms with E-state index in [-0.39, 0.29) is 11.9 Å². The van der Waals surface area contributed by atoms with Gasteiger partial charge in [-0.2, -0.15) is 5.10 Å². The first-order chi connectivity index (χ1) is 9.56. The zero-order chi connectivity index (χ0) is 14.7. The van der Waals surface area contributed by atoms with Gasteiger partial charge in [-0.1, -0.05) is 19.1 Å². The van der Waals surface area contributed by atoms with Gasteiger partial charge in [0.2, 0.25) is 0 Å². The molecule has 0 spiro atoms. The number of benzene rings is 1. The zero-order valence-electron chi connectivity index (χ0n) is 12.6. The summed E-state index contributed by atoms with van der Waals surface area (Å²) >= 11 is 0. The Bertz CT molecular complexity index is 589. The zero-order valence-corrected chi connectivity index (χ0v) is 12.6. The Hall–Kier alpha value is -1.68. The first kappa shape index (κ1) is 14.7. The van der Waals surface area contributed by atoms with Gasteiger partial charge in [-0.05, 0) is 50.6 Å². The first-order valence-corrected chi connectivity index (χ1v) is 7.10. The molecule has 0 aliphatic rings. The fourth-order valence-electron chi connectivity index (χ4n) is 2.44. The lowest BCUT2D eigenvalue weighted by molar-refractivity contribution is 0.536. The molecule has 108 valence electrons. The number of nitrogens with zero attached hydrogens (tertiary/aromatic N) is 2. The molecule has 20 heavy (non-hydrogen) atoms. The molecule has 4 heteroatoms. The monoisotopic (exact) mass is 275 g/mol. The Labute approximate surface area is 119 Å². The number of nitrogens with one attached hydrogen (secondary N) is 1. The van der Waals surface area contributed by atoms with Crippen LogP contribution in [-0.2, 0) is 6.54 Å². The van der Waals surface area contributed by atoms with Gasteiger partial charge in [0.15, 0.2) is 0 Å². The topological polar surface area (TPSA) is 29.9 Å². The molecule has 1 unspecified atom stereocenters. The summed E-state index contributed by atoms with van der Waals surface area (Å²) in [6, 6.07) is 7.46. The summed E-state index contributed by atoms with van der Waals surface area (Å²) in [5, 5.41) is 7.90. The number of hydrogen-bond acceptors (Lipinski definition) is 2. The molecule has 0 saturated carbocycles. The lowest BCUT2D eigenvalue weighted by Gasteiger charge is -2.20. The highest BCUT2D eigenvalue weighted by Crippen LogP contribution is 2.24. The van der Waals surface area contributed by atoms with Crippen LogP contribution in [-0.4, -0.2) is 16.3 Å². The van der Waals surface area contributed by atoms with Crippen molar-refractivity contribution in [1.82, 2.24) is 15.1 Å². The molecular weight excluding hydrogens is 253 g/mol. The van der Waals surface area contributed by atoms with Crippen molar-refractivity contribution in [1.29, 1.82) is 0 Å². The molecule has 0 radical (unpaired) electrons. The predicted molar refractivity (Wildman–Crippen MR) is 79.3 cm³/mol. The molecular formula is C16H22FN3. The molecule has 0 amide bonds. The molecule has 2 aromatic rings. The van der Waals surface area contributed by atoms with Crippen LogP contribution in [0.3, 0.4) is 0 Å². The van der Waals surface area contributed by atoms with Crippen molar-refractivity contribution in [2.24, 2.45) is 0 Å². The molecule has 0 bridgehead atoms. The van der Waals surface area contributed by atoms with Gasteiger partial charge in [0.25, 0.3) is 0 Å². The Balaban J connectivity index is 2.46. The van der Waals surface area contributed by atoms with Crippen LogP contribution in [0.4, 0.5) is 4.39 Å². The summed E-state index contributed by atoms with van der Waals surface area (Å²) in [5.74, 6) is -0.162. The minimum Gasteiger partial charge on any atom is -0.305 e. The lowest BCUT2D eigenvalue weighted by Crippen LogP contribution is -2.25. The summed E-state index contributed by atoms with van der Waals surface area (Å²) in [4.78, 5) is 0. The van der Waals surface area contributed by atoms with E-state index in [0.717, 1.165) is 30.0 Å². The van der Waals surface area contributed by atoms with Gasteiger partial charge in [0.05, 0.1) is 17.4 Å². The number of hydrogen-bond donors (Lipinski definition) is 1. The highest BCUT2D eigenvalue weighted by molar-refractivity contribution is 5.32. The van der Waals surface area contributed by atoms with Crippen LogP contribution in [0.1, 0.15) is 42.4 Å². The fourth-order valence-corrected chi connectivity index (χ4v) is 2.44. The highest BCUT2D eigenvalue weighted by atomic mass is 19.1. The van der Waals surface area contributed by atoms with Crippen LogP contribution in [0.25, 0.3) is 0 Å². The van der Waals surface area contributed by atoms with Crippen molar-refractivity contribution in [3.63, 3.8) is 0 Å². The Morgan fingerprint density at radius 3 is 2.60 bits per heavy atom. The third-order valence-corrected chi connectivity index (χ3v) is 3.47. The first-order valence-electron chi connectivity index (χ1n) is 7.10. The van der Waals surface area contributed by atoms with Crippen molar-refractivity contribution >= 4 is 0 Å². The van der Waals surface area contributed by atoms with Gasteiger partial charge in [-0.25, -0.2) is 4.39 Å². The Kier molecular flexibility index (Phi) is 4.55. The van der Waals surface area contributed by atoms with E-state index in [0.29, 0.717) is 5.56 Å². The summed E-state index contributed by atoms with van der Waals surface area (Å²) in [6.45, 7) is 9.50. The van der Waals surface area contributed by atoms with Crippen LogP contribution in [0.15, 0.2) is 24.3 Å². The van der Waals surface area contributed by atoms with E-state index < -0.39 is 0 Å². The molecule has 1 heterocycles. The molecule has 1 aromatic carbocycles. The third-order valence-electron chi connectivity index (χ3n) is 3.47. The van der Waals surface area contributed by atoms with Crippen molar-refractivity contribution in [2.75, 3.05) is 6.54 Å². The molecule has 0 aliphatic carbocycles. The van der Waals surface area contributed by atoms with E-state index in [1.54, 1.807) is 13.0 Å². The number of halogens is 1. The SMILES string of the molecule is CCNC(c1ccc(C)c(F)c1)c1cc(C)nn1CC. The van der Waals surface area contributed by atoms with E-state index in [9.17, 15) is 4.39 Å².